The van der Waals surface area contributed by atoms with E-state index < -0.39 is 9.84 Å². The highest BCUT2D eigenvalue weighted by molar-refractivity contribution is 7.99. The Morgan fingerprint density at radius 1 is 0.550 bits per heavy atom. The molecule has 0 spiro atoms. The standard InChI is InChI=1S/C34H39O4PS/c1-11-27(9)19-23-31(15-5)39-32(16-6)24-20-29(13-3)38-30(14-4)22-26-34(18-8)40(35,36)33(17-7)25-21-28(12-2)37-10/h11-26,39H,1-8H2,9-10H3/b27-19-,28-21+,29-20+,30-22+,31-23+,32-24+,33-25+,34-26+. The minimum Gasteiger partial charge on any atom is -0.497 e. The quantitative estimate of drug-likeness (QED) is 0.0876. The van der Waals surface area contributed by atoms with Crippen LogP contribution in [0.3, 0.4) is 0 Å². The second kappa shape index (κ2) is 19.8. The van der Waals surface area contributed by atoms with Crippen molar-refractivity contribution in [2.45, 2.75) is 6.92 Å². The molecule has 0 bridgehead atoms. The van der Waals surface area contributed by atoms with Gasteiger partial charge in [-0.05, 0) is 66.2 Å². The van der Waals surface area contributed by atoms with Gasteiger partial charge in [-0.25, -0.2) is 8.42 Å². The minimum atomic E-state index is -3.92. The van der Waals surface area contributed by atoms with Crippen molar-refractivity contribution in [3.8, 4) is 0 Å². The van der Waals surface area contributed by atoms with E-state index in [-0.39, 0.29) is 9.81 Å². The molecule has 0 aromatic rings. The molecule has 210 valence electrons. The molecule has 1 atom stereocenters. The van der Waals surface area contributed by atoms with Crippen molar-refractivity contribution in [2.75, 3.05) is 7.11 Å². The Labute approximate surface area is 243 Å². The van der Waals surface area contributed by atoms with E-state index in [1.54, 1.807) is 24.3 Å². The molecule has 0 saturated carbocycles. The largest absolute Gasteiger partial charge is 0.497 e. The van der Waals surface area contributed by atoms with Gasteiger partial charge in [-0.1, -0.05) is 115 Å². The fraction of sp³-hybridized carbons (Fsp3) is 0.0588. The monoisotopic (exact) mass is 574 g/mol. The van der Waals surface area contributed by atoms with Crippen LogP contribution in [0.15, 0.2) is 193 Å². The van der Waals surface area contributed by atoms with E-state index in [1.165, 1.54) is 61.8 Å². The fourth-order valence-corrected chi connectivity index (χ4v) is 4.67. The molecular weight excluding hydrogens is 535 g/mol. The molecule has 0 radical (unpaired) electrons. The van der Waals surface area contributed by atoms with Crippen molar-refractivity contribution < 1.29 is 17.9 Å². The second-order valence-corrected chi connectivity index (χ2v) is 10.9. The van der Waals surface area contributed by atoms with Gasteiger partial charge in [0.1, 0.15) is 17.3 Å². The summed E-state index contributed by atoms with van der Waals surface area (Å²) < 4.78 is 37.3. The van der Waals surface area contributed by atoms with Crippen molar-refractivity contribution in [1.29, 1.82) is 0 Å². The van der Waals surface area contributed by atoms with Crippen LogP contribution in [0.1, 0.15) is 6.92 Å². The van der Waals surface area contributed by atoms with Crippen LogP contribution in [0, 0.1) is 0 Å². The summed E-state index contributed by atoms with van der Waals surface area (Å²) in [7, 11) is -2.15. The zero-order valence-corrected chi connectivity index (χ0v) is 25.3. The first-order chi connectivity index (χ1) is 19.1. The van der Waals surface area contributed by atoms with Crippen molar-refractivity contribution in [1.82, 2.24) is 0 Å². The van der Waals surface area contributed by atoms with Crippen LogP contribution >= 0.6 is 8.58 Å². The second-order valence-electron chi connectivity index (χ2n) is 7.57. The van der Waals surface area contributed by atoms with Crippen molar-refractivity contribution in [2.24, 2.45) is 0 Å². The van der Waals surface area contributed by atoms with Crippen molar-refractivity contribution >= 4 is 18.4 Å². The van der Waals surface area contributed by atoms with Gasteiger partial charge in [-0.2, -0.15) is 0 Å². The van der Waals surface area contributed by atoms with Gasteiger partial charge in [0.25, 0.3) is 0 Å². The Kier molecular flexibility index (Phi) is 17.8. The van der Waals surface area contributed by atoms with Gasteiger partial charge in [0.2, 0.25) is 9.84 Å². The Hall–Kier alpha value is -4.18. The predicted octanol–water partition coefficient (Wildman–Crippen LogP) is 9.36. The fourth-order valence-electron chi connectivity index (χ4n) is 2.59. The highest BCUT2D eigenvalue weighted by atomic mass is 32.2. The molecule has 6 heteroatoms. The van der Waals surface area contributed by atoms with Gasteiger partial charge in [-0.15, -0.1) is 0 Å². The van der Waals surface area contributed by atoms with Crippen molar-refractivity contribution in [3.63, 3.8) is 0 Å². The maximum Gasteiger partial charge on any atom is 0.206 e. The third-order valence-electron chi connectivity index (χ3n) is 4.93. The van der Waals surface area contributed by atoms with Crippen LogP contribution in [0.25, 0.3) is 0 Å². The number of sulfone groups is 1. The summed E-state index contributed by atoms with van der Waals surface area (Å²) in [4.78, 5) is -0.0987. The lowest BCUT2D eigenvalue weighted by atomic mass is 10.3. The number of hydrogen-bond acceptors (Lipinski definition) is 4. The third-order valence-corrected chi connectivity index (χ3v) is 8.09. The summed E-state index contributed by atoms with van der Waals surface area (Å²) in [6.07, 6.45) is 25.5. The lowest BCUT2D eigenvalue weighted by molar-refractivity contribution is 0.307. The minimum absolute atomic E-state index is 0.0396. The molecule has 0 aliphatic heterocycles. The first-order valence-corrected chi connectivity index (χ1v) is 14.5. The smallest absolute Gasteiger partial charge is 0.206 e. The first-order valence-electron chi connectivity index (χ1n) is 12.0. The average Bonchev–Trinajstić information content (AvgIpc) is 2.97. The van der Waals surface area contributed by atoms with E-state index in [9.17, 15) is 8.42 Å². The molecule has 0 saturated heterocycles. The molecule has 0 aromatic carbocycles. The normalized spacial score (nSPS) is 14.8. The molecular formula is C34H39O4PS. The highest BCUT2D eigenvalue weighted by Gasteiger charge is 2.18. The van der Waals surface area contributed by atoms with Gasteiger partial charge in [-0.3, -0.25) is 0 Å². The Balaban J connectivity index is 6.22. The Morgan fingerprint density at radius 2 is 0.975 bits per heavy atom. The highest BCUT2D eigenvalue weighted by Crippen LogP contribution is 2.34. The number of rotatable bonds is 19. The molecule has 1 unspecified atom stereocenters. The predicted molar refractivity (Wildman–Crippen MR) is 177 cm³/mol. The lowest BCUT2D eigenvalue weighted by Crippen LogP contribution is -2.04. The average molecular weight is 575 g/mol. The molecule has 0 N–H and O–H groups in total. The van der Waals surface area contributed by atoms with Crippen LogP contribution in [0.2, 0.25) is 0 Å². The van der Waals surface area contributed by atoms with E-state index in [0.29, 0.717) is 25.9 Å². The third kappa shape index (κ3) is 12.6. The Morgan fingerprint density at radius 3 is 1.35 bits per heavy atom. The topological polar surface area (TPSA) is 52.6 Å². The first kappa shape index (κ1) is 35.8. The maximum atomic E-state index is 13.2. The summed E-state index contributed by atoms with van der Waals surface area (Å²) in [5.41, 5.74) is 1.04. The molecule has 0 rings (SSSR count). The molecule has 0 fully saturated rings. The van der Waals surface area contributed by atoms with E-state index in [2.05, 4.69) is 52.6 Å². The van der Waals surface area contributed by atoms with Crippen LogP contribution < -0.4 is 0 Å². The van der Waals surface area contributed by atoms with E-state index in [1.807, 2.05) is 25.2 Å². The summed E-state index contributed by atoms with van der Waals surface area (Å²) in [5.74, 6) is 1.12. The zero-order valence-electron chi connectivity index (χ0n) is 23.4. The van der Waals surface area contributed by atoms with Crippen LogP contribution in [-0.2, 0) is 19.3 Å². The number of methoxy groups -OCH3 is 1. The summed E-state index contributed by atoms with van der Waals surface area (Å²) >= 11 is 0. The SMILES string of the molecule is C=C/C(C)=C\C=C(/C=C)P/C(C=C)=C/C=C(\C=C)O/C(C=C)=C/C=C(\C=C)S(=O)(=O)/C(C=C)=C/C=C(\C=C)OC. The molecule has 0 aliphatic rings. The molecule has 0 aliphatic carbocycles. The zero-order chi connectivity index (χ0) is 30.6. The van der Waals surface area contributed by atoms with Gasteiger partial charge in [0.05, 0.1) is 16.9 Å². The summed E-state index contributed by atoms with van der Waals surface area (Å²) in [6, 6.07) is 0. The summed E-state index contributed by atoms with van der Waals surface area (Å²) in [5, 5.41) is 1.98. The van der Waals surface area contributed by atoms with E-state index >= 15 is 0 Å². The number of hydrogen-bond donors (Lipinski definition) is 0. The van der Waals surface area contributed by atoms with Gasteiger partial charge in [0, 0.05) is 0 Å². The van der Waals surface area contributed by atoms with Gasteiger partial charge >= 0.3 is 0 Å². The molecule has 40 heavy (non-hydrogen) atoms. The molecule has 0 heterocycles. The van der Waals surface area contributed by atoms with Gasteiger partial charge in [0.15, 0.2) is 0 Å². The van der Waals surface area contributed by atoms with Crippen molar-refractivity contribution in [3.05, 3.63) is 193 Å². The van der Waals surface area contributed by atoms with Crippen LogP contribution in [0.4, 0.5) is 0 Å². The molecule has 0 amide bonds. The van der Waals surface area contributed by atoms with E-state index in [0.717, 1.165) is 16.2 Å². The lowest BCUT2D eigenvalue weighted by Gasteiger charge is -2.08. The number of ether oxygens (including phenoxy) is 2. The van der Waals surface area contributed by atoms with Crippen LogP contribution in [-0.4, -0.2) is 15.5 Å². The molecule has 4 nitrogen and oxygen atoms in total. The summed E-state index contributed by atoms with van der Waals surface area (Å²) in [6.45, 7) is 31.9. The Bertz CT molecular complexity index is 1370. The number of allylic oxidation sites excluding steroid dienone is 19. The maximum absolute atomic E-state index is 13.2. The van der Waals surface area contributed by atoms with Gasteiger partial charge < -0.3 is 9.47 Å². The van der Waals surface area contributed by atoms with Crippen LogP contribution in [0.5, 0.6) is 0 Å². The molecule has 0 aromatic heterocycles. The van der Waals surface area contributed by atoms with E-state index in [4.69, 9.17) is 9.47 Å².